The Labute approximate surface area is 92.9 Å². The second kappa shape index (κ2) is 5.32. The lowest BCUT2D eigenvalue weighted by Crippen LogP contribution is -2.04. The molecule has 0 saturated carbocycles. The predicted molar refractivity (Wildman–Crippen MR) is 56.4 cm³/mol. The van der Waals surface area contributed by atoms with Crippen molar-refractivity contribution in [3.8, 4) is 18.2 Å². The SMILES string of the molecule is N#C/C(=C/c1ccc(C#N)cc1)C(O)C#N. The van der Waals surface area contributed by atoms with E-state index in [4.69, 9.17) is 15.8 Å². The zero-order valence-corrected chi connectivity index (χ0v) is 8.25. The van der Waals surface area contributed by atoms with Gasteiger partial charge in [0.15, 0.2) is 6.10 Å². The summed E-state index contributed by atoms with van der Waals surface area (Å²) in [6.45, 7) is 0. The highest BCUT2D eigenvalue weighted by molar-refractivity contribution is 5.59. The van der Waals surface area contributed by atoms with Crippen LogP contribution in [-0.4, -0.2) is 11.2 Å². The van der Waals surface area contributed by atoms with Crippen LogP contribution in [0.2, 0.25) is 0 Å². The molecule has 0 fully saturated rings. The van der Waals surface area contributed by atoms with Crippen LogP contribution in [0.5, 0.6) is 0 Å². The molecule has 1 unspecified atom stereocenters. The molecule has 76 valence electrons. The smallest absolute Gasteiger partial charge is 0.175 e. The molecule has 4 nitrogen and oxygen atoms in total. The molecular formula is C12H7N3O. The number of benzene rings is 1. The van der Waals surface area contributed by atoms with Crippen molar-refractivity contribution in [2.75, 3.05) is 0 Å². The van der Waals surface area contributed by atoms with E-state index in [1.807, 2.05) is 6.07 Å². The van der Waals surface area contributed by atoms with E-state index in [2.05, 4.69) is 0 Å². The zero-order valence-electron chi connectivity index (χ0n) is 8.25. The van der Waals surface area contributed by atoms with Crippen LogP contribution in [-0.2, 0) is 0 Å². The van der Waals surface area contributed by atoms with Gasteiger partial charge in [0.05, 0.1) is 29.3 Å². The zero-order chi connectivity index (χ0) is 12.0. The lowest BCUT2D eigenvalue weighted by Gasteiger charge is -1.99. The molecular weight excluding hydrogens is 202 g/mol. The molecule has 0 bridgehead atoms. The quantitative estimate of drug-likeness (QED) is 0.587. The van der Waals surface area contributed by atoms with Crippen molar-refractivity contribution < 1.29 is 5.11 Å². The molecule has 0 aliphatic rings. The van der Waals surface area contributed by atoms with E-state index in [-0.39, 0.29) is 5.57 Å². The van der Waals surface area contributed by atoms with Crippen molar-refractivity contribution in [1.82, 2.24) is 0 Å². The van der Waals surface area contributed by atoms with Gasteiger partial charge in [-0.1, -0.05) is 12.1 Å². The van der Waals surface area contributed by atoms with E-state index in [1.165, 1.54) is 6.08 Å². The summed E-state index contributed by atoms with van der Waals surface area (Å²) in [6, 6.07) is 11.8. The van der Waals surface area contributed by atoms with Crippen molar-refractivity contribution in [2.45, 2.75) is 6.10 Å². The molecule has 0 heterocycles. The van der Waals surface area contributed by atoms with Crippen molar-refractivity contribution in [3.63, 3.8) is 0 Å². The third-order valence-corrected chi connectivity index (χ3v) is 1.91. The summed E-state index contributed by atoms with van der Waals surface area (Å²) < 4.78 is 0. The minimum Gasteiger partial charge on any atom is -0.373 e. The first kappa shape index (κ1) is 11.5. The van der Waals surface area contributed by atoms with E-state index >= 15 is 0 Å². The van der Waals surface area contributed by atoms with Gasteiger partial charge in [-0.05, 0) is 23.8 Å². The summed E-state index contributed by atoms with van der Waals surface area (Å²) in [5.41, 5.74) is 1.15. The molecule has 16 heavy (non-hydrogen) atoms. The fourth-order valence-corrected chi connectivity index (χ4v) is 1.08. The largest absolute Gasteiger partial charge is 0.373 e. The fourth-order valence-electron chi connectivity index (χ4n) is 1.08. The lowest BCUT2D eigenvalue weighted by atomic mass is 10.1. The standard InChI is InChI=1S/C12H7N3O/c13-6-10-3-1-9(2-4-10)5-11(7-14)12(16)8-15/h1-5,12,16H/b11-5-. The predicted octanol–water partition coefficient (Wildman–Crippen LogP) is 1.35. The Bertz CT molecular complexity index is 523. The van der Waals surface area contributed by atoms with Gasteiger partial charge < -0.3 is 5.11 Å². The molecule has 1 N–H and O–H groups in total. The number of hydrogen-bond donors (Lipinski definition) is 1. The summed E-state index contributed by atoms with van der Waals surface area (Å²) in [5.74, 6) is 0. The molecule has 1 atom stereocenters. The lowest BCUT2D eigenvalue weighted by molar-refractivity contribution is 0.271. The van der Waals surface area contributed by atoms with E-state index in [0.29, 0.717) is 11.1 Å². The maximum Gasteiger partial charge on any atom is 0.175 e. The Hall–Kier alpha value is -2.61. The number of aliphatic hydroxyl groups excluding tert-OH is 1. The van der Waals surface area contributed by atoms with Gasteiger partial charge in [0.25, 0.3) is 0 Å². The van der Waals surface area contributed by atoms with Gasteiger partial charge in [-0.15, -0.1) is 0 Å². The molecule has 0 radical (unpaired) electrons. The normalized spacial score (nSPS) is 12.0. The third-order valence-electron chi connectivity index (χ3n) is 1.91. The van der Waals surface area contributed by atoms with Crippen LogP contribution in [0.3, 0.4) is 0 Å². The van der Waals surface area contributed by atoms with Crippen molar-refractivity contribution in [3.05, 3.63) is 41.0 Å². The Kier molecular flexibility index (Phi) is 3.81. The van der Waals surface area contributed by atoms with Crippen LogP contribution in [0.25, 0.3) is 6.08 Å². The molecule has 0 aliphatic carbocycles. The molecule has 0 saturated heterocycles. The average Bonchev–Trinajstić information content (AvgIpc) is 2.35. The van der Waals surface area contributed by atoms with E-state index in [9.17, 15) is 5.11 Å². The van der Waals surface area contributed by atoms with Crippen LogP contribution in [0.15, 0.2) is 29.8 Å². The summed E-state index contributed by atoms with van der Waals surface area (Å²) in [7, 11) is 0. The highest BCUT2D eigenvalue weighted by Gasteiger charge is 2.08. The summed E-state index contributed by atoms with van der Waals surface area (Å²) in [4.78, 5) is 0. The Balaban J connectivity index is 3.03. The van der Waals surface area contributed by atoms with Crippen LogP contribution in [0.4, 0.5) is 0 Å². The van der Waals surface area contributed by atoms with Gasteiger partial charge in [0, 0.05) is 0 Å². The van der Waals surface area contributed by atoms with Crippen LogP contribution < -0.4 is 0 Å². The van der Waals surface area contributed by atoms with Crippen LogP contribution >= 0.6 is 0 Å². The molecule has 1 rings (SSSR count). The maximum atomic E-state index is 9.18. The molecule has 1 aromatic carbocycles. The second-order valence-corrected chi connectivity index (χ2v) is 2.98. The van der Waals surface area contributed by atoms with Gasteiger partial charge in [-0.3, -0.25) is 0 Å². The molecule has 4 heteroatoms. The number of nitrogens with zero attached hydrogens (tertiary/aromatic N) is 3. The Morgan fingerprint density at radius 1 is 1.19 bits per heavy atom. The Morgan fingerprint density at radius 2 is 1.81 bits per heavy atom. The average molecular weight is 209 g/mol. The number of hydrogen-bond acceptors (Lipinski definition) is 4. The monoisotopic (exact) mass is 209 g/mol. The van der Waals surface area contributed by atoms with Crippen LogP contribution in [0.1, 0.15) is 11.1 Å². The topological polar surface area (TPSA) is 91.6 Å². The first-order valence-corrected chi connectivity index (χ1v) is 4.41. The first-order valence-electron chi connectivity index (χ1n) is 4.41. The minimum absolute atomic E-state index is 0.0211. The summed E-state index contributed by atoms with van der Waals surface area (Å²) in [6.07, 6.45) is -0.00432. The highest BCUT2D eigenvalue weighted by Crippen LogP contribution is 2.10. The molecule has 0 aromatic heterocycles. The number of nitriles is 3. The third kappa shape index (κ3) is 2.69. The van der Waals surface area contributed by atoms with Crippen LogP contribution in [0, 0.1) is 34.0 Å². The van der Waals surface area contributed by atoms with Gasteiger partial charge in [-0.2, -0.15) is 15.8 Å². The minimum atomic E-state index is -1.42. The molecule has 0 amide bonds. The van der Waals surface area contributed by atoms with Gasteiger partial charge in [0.2, 0.25) is 0 Å². The van der Waals surface area contributed by atoms with Gasteiger partial charge >= 0.3 is 0 Å². The number of aliphatic hydroxyl groups is 1. The molecule has 0 spiro atoms. The molecule has 0 aliphatic heterocycles. The fraction of sp³-hybridized carbons (Fsp3) is 0.0833. The van der Waals surface area contributed by atoms with E-state index < -0.39 is 6.10 Å². The summed E-state index contributed by atoms with van der Waals surface area (Å²) >= 11 is 0. The van der Waals surface area contributed by atoms with Crippen molar-refractivity contribution in [1.29, 1.82) is 15.8 Å². The van der Waals surface area contributed by atoms with E-state index in [1.54, 1.807) is 36.4 Å². The van der Waals surface area contributed by atoms with Gasteiger partial charge in [0.1, 0.15) is 0 Å². The second-order valence-electron chi connectivity index (χ2n) is 2.98. The van der Waals surface area contributed by atoms with E-state index in [0.717, 1.165) is 0 Å². The molecule has 1 aromatic rings. The maximum absolute atomic E-state index is 9.18. The first-order chi connectivity index (χ1) is 7.71. The van der Waals surface area contributed by atoms with Crippen molar-refractivity contribution in [2.24, 2.45) is 0 Å². The summed E-state index contributed by atoms with van der Waals surface area (Å²) in [5, 5.41) is 34.9. The highest BCUT2D eigenvalue weighted by atomic mass is 16.3. The Morgan fingerprint density at radius 3 is 2.25 bits per heavy atom. The van der Waals surface area contributed by atoms with Gasteiger partial charge in [-0.25, -0.2) is 0 Å². The number of rotatable bonds is 2. The van der Waals surface area contributed by atoms with Crippen molar-refractivity contribution >= 4 is 6.08 Å².